The Morgan fingerprint density at radius 1 is 1.10 bits per heavy atom. The number of carbonyl (C=O) groups is 2. The normalized spacial score (nSPS) is 29.7. The SMILES string of the molecule is CCN(CC(=O)NCc1ccc(F)cc1)C(=O)CSC12CC3CC(CC(C3)C1)C2. The minimum atomic E-state index is -0.292. The van der Waals surface area contributed by atoms with Gasteiger partial charge in [0.15, 0.2) is 0 Å². The van der Waals surface area contributed by atoms with E-state index in [0.29, 0.717) is 23.6 Å². The highest BCUT2D eigenvalue weighted by atomic mass is 32.2. The number of rotatable bonds is 8. The van der Waals surface area contributed by atoms with Gasteiger partial charge in [0.05, 0.1) is 12.3 Å². The van der Waals surface area contributed by atoms with Crippen LogP contribution in [0.5, 0.6) is 0 Å². The molecule has 5 rings (SSSR count). The third kappa shape index (κ3) is 4.96. The molecular weight excluding hydrogens is 387 g/mol. The topological polar surface area (TPSA) is 49.4 Å². The zero-order chi connectivity index (χ0) is 20.4. The molecule has 158 valence electrons. The molecular formula is C23H31FN2O2S. The minimum absolute atomic E-state index is 0.0603. The number of hydrogen-bond acceptors (Lipinski definition) is 3. The average Bonchev–Trinajstić information content (AvgIpc) is 2.69. The number of carbonyl (C=O) groups excluding carboxylic acids is 2. The van der Waals surface area contributed by atoms with Crippen LogP contribution in [0.25, 0.3) is 0 Å². The predicted octanol–water partition coefficient (Wildman–Crippen LogP) is 3.99. The third-order valence-corrected chi connectivity index (χ3v) is 8.46. The van der Waals surface area contributed by atoms with E-state index < -0.39 is 0 Å². The highest BCUT2D eigenvalue weighted by Gasteiger charge is 2.51. The monoisotopic (exact) mass is 418 g/mol. The van der Waals surface area contributed by atoms with Gasteiger partial charge in [0.1, 0.15) is 5.82 Å². The van der Waals surface area contributed by atoms with Crippen molar-refractivity contribution in [3.8, 4) is 0 Å². The van der Waals surface area contributed by atoms with Crippen LogP contribution in [-0.2, 0) is 16.1 Å². The van der Waals surface area contributed by atoms with Crippen LogP contribution < -0.4 is 5.32 Å². The Hall–Kier alpha value is -1.56. The average molecular weight is 419 g/mol. The fourth-order valence-electron chi connectivity index (χ4n) is 5.92. The van der Waals surface area contributed by atoms with Crippen LogP contribution in [0, 0.1) is 23.6 Å². The number of nitrogens with zero attached hydrogens (tertiary/aromatic N) is 1. The van der Waals surface area contributed by atoms with Crippen molar-refractivity contribution in [1.29, 1.82) is 0 Å². The fraction of sp³-hybridized carbons (Fsp3) is 0.652. The van der Waals surface area contributed by atoms with E-state index in [-0.39, 0.29) is 24.2 Å². The Morgan fingerprint density at radius 3 is 2.24 bits per heavy atom. The molecule has 0 saturated heterocycles. The van der Waals surface area contributed by atoms with E-state index in [1.54, 1.807) is 17.0 Å². The number of nitrogens with one attached hydrogen (secondary N) is 1. The summed E-state index contributed by atoms with van der Waals surface area (Å²) < 4.78 is 13.3. The molecule has 4 nitrogen and oxygen atoms in total. The molecule has 29 heavy (non-hydrogen) atoms. The summed E-state index contributed by atoms with van der Waals surface area (Å²) in [6.07, 6.45) is 8.05. The quantitative estimate of drug-likeness (QED) is 0.694. The van der Waals surface area contributed by atoms with Crippen molar-refractivity contribution in [2.45, 2.75) is 56.7 Å². The minimum Gasteiger partial charge on any atom is -0.350 e. The summed E-state index contributed by atoms with van der Waals surface area (Å²) in [6, 6.07) is 6.07. The van der Waals surface area contributed by atoms with E-state index in [0.717, 1.165) is 23.3 Å². The van der Waals surface area contributed by atoms with E-state index in [4.69, 9.17) is 0 Å². The van der Waals surface area contributed by atoms with Crippen LogP contribution in [0.4, 0.5) is 4.39 Å². The predicted molar refractivity (Wildman–Crippen MR) is 114 cm³/mol. The Balaban J connectivity index is 1.25. The molecule has 6 heteroatoms. The number of likely N-dealkylation sites (N-methyl/N-ethyl adjacent to an activating group) is 1. The summed E-state index contributed by atoms with van der Waals surface area (Å²) in [5.41, 5.74) is 0.839. The first-order valence-electron chi connectivity index (χ1n) is 10.9. The molecule has 4 fully saturated rings. The van der Waals surface area contributed by atoms with Crippen LogP contribution in [-0.4, -0.2) is 40.3 Å². The van der Waals surface area contributed by atoms with Crippen molar-refractivity contribution >= 4 is 23.6 Å². The molecule has 1 N–H and O–H groups in total. The summed E-state index contributed by atoms with van der Waals surface area (Å²) in [7, 11) is 0. The number of hydrogen-bond donors (Lipinski definition) is 1. The van der Waals surface area contributed by atoms with Gasteiger partial charge in [0.25, 0.3) is 0 Å². The molecule has 1 aromatic rings. The standard InChI is InChI=1S/C23H31FN2O2S/c1-2-26(14-21(27)25-13-16-3-5-20(24)6-4-16)22(28)15-29-23-10-17-7-18(11-23)9-19(8-17)12-23/h3-6,17-19H,2,7-15H2,1H3,(H,25,27). The molecule has 2 amide bonds. The summed E-state index contributed by atoms with van der Waals surface area (Å²) in [6.45, 7) is 2.87. The summed E-state index contributed by atoms with van der Waals surface area (Å²) in [5, 5.41) is 2.83. The molecule has 4 bridgehead atoms. The molecule has 4 saturated carbocycles. The Morgan fingerprint density at radius 2 is 1.69 bits per heavy atom. The number of amides is 2. The Kier molecular flexibility index (Phi) is 6.19. The van der Waals surface area contributed by atoms with E-state index in [9.17, 15) is 14.0 Å². The Labute approximate surface area is 177 Å². The summed E-state index contributed by atoms with van der Waals surface area (Å²) in [5.74, 6) is 2.70. The molecule has 4 aliphatic carbocycles. The highest BCUT2D eigenvalue weighted by Crippen LogP contribution is 2.60. The number of thioether (sulfide) groups is 1. The zero-order valence-corrected chi connectivity index (χ0v) is 18.0. The van der Waals surface area contributed by atoms with Crippen molar-refractivity contribution in [2.24, 2.45) is 17.8 Å². The summed E-state index contributed by atoms with van der Waals surface area (Å²) in [4.78, 5) is 26.7. The fourth-order valence-corrected chi connectivity index (χ4v) is 7.60. The lowest BCUT2D eigenvalue weighted by molar-refractivity contribution is -0.133. The smallest absolute Gasteiger partial charge is 0.239 e. The lowest BCUT2D eigenvalue weighted by atomic mass is 9.56. The molecule has 0 unspecified atom stereocenters. The molecule has 0 atom stereocenters. The van der Waals surface area contributed by atoms with Gasteiger partial charge < -0.3 is 10.2 Å². The van der Waals surface area contributed by atoms with Crippen molar-refractivity contribution in [3.63, 3.8) is 0 Å². The van der Waals surface area contributed by atoms with Gasteiger partial charge in [0.2, 0.25) is 11.8 Å². The van der Waals surface area contributed by atoms with Gasteiger partial charge in [-0.05, 0) is 80.9 Å². The second-order valence-electron chi connectivity index (χ2n) is 9.20. The maximum atomic E-state index is 13.0. The third-order valence-electron chi connectivity index (χ3n) is 6.96. The summed E-state index contributed by atoms with van der Waals surface area (Å²) >= 11 is 1.87. The van der Waals surface area contributed by atoms with Crippen LogP contribution >= 0.6 is 11.8 Å². The van der Waals surface area contributed by atoms with Gasteiger partial charge in [-0.25, -0.2) is 4.39 Å². The highest BCUT2D eigenvalue weighted by molar-refractivity contribution is 8.01. The van der Waals surface area contributed by atoms with E-state index >= 15 is 0 Å². The molecule has 0 spiro atoms. The first kappa shape index (κ1) is 20.7. The van der Waals surface area contributed by atoms with Crippen LogP contribution in [0.3, 0.4) is 0 Å². The largest absolute Gasteiger partial charge is 0.350 e. The lowest BCUT2D eigenvalue weighted by Gasteiger charge is -2.56. The number of halogens is 1. The maximum Gasteiger partial charge on any atom is 0.239 e. The van der Waals surface area contributed by atoms with Crippen molar-refractivity contribution in [3.05, 3.63) is 35.6 Å². The number of benzene rings is 1. The van der Waals surface area contributed by atoms with Gasteiger partial charge in [-0.2, -0.15) is 0 Å². The molecule has 0 aliphatic heterocycles. The van der Waals surface area contributed by atoms with Gasteiger partial charge in [-0.15, -0.1) is 11.8 Å². The van der Waals surface area contributed by atoms with Crippen molar-refractivity contribution < 1.29 is 14.0 Å². The lowest BCUT2D eigenvalue weighted by Crippen LogP contribution is -2.49. The first-order valence-corrected chi connectivity index (χ1v) is 11.9. The second-order valence-corrected chi connectivity index (χ2v) is 10.6. The van der Waals surface area contributed by atoms with Crippen molar-refractivity contribution in [2.75, 3.05) is 18.8 Å². The van der Waals surface area contributed by atoms with E-state index in [1.165, 1.54) is 50.7 Å². The van der Waals surface area contributed by atoms with Gasteiger partial charge >= 0.3 is 0 Å². The van der Waals surface area contributed by atoms with Crippen LogP contribution in [0.1, 0.15) is 51.0 Å². The molecule has 1 aromatic carbocycles. The Bertz CT molecular complexity index is 716. The van der Waals surface area contributed by atoms with Crippen molar-refractivity contribution in [1.82, 2.24) is 10.2 Å². The van der Waals surface area contributed by atoms with Crippen LogP contribution in [0.2, 0.25) is 0 Å². The zero-order valence-electron chi connectivity index (χ0n) is 17.2. The molecule has 0 aromatic heterocycles. The van der Waals surface area contributed by atoms with Gasteiger partial charge in [0, 0.05) is 17.8 Å². The molecule has 4 aliphatic rings. The molecule has 0 radical (unpaired) electrons. The second kappa shape index (κ2) is 8.66. The van der Waals surface area contributed by atoms with Gasteiger partial charge in [-0.1, -0.05) is 12.1 Å². The van der Waals surface area contributed by atoms with Gasteiger partial charge in [-0.3, -0.25) is 9.59 Å². The maximum absolute atomic E-state index is 13.0. The van der Waals surface area contributed by atoms with Crippen LogP contribution in [0.15, 0.2) is 24.3 Å². The van der Waals surface area contributed by atoms with E-state index in [2.05, 4.69) is 5.32 Å². The molecule has 0 heterocycles. The first-order chi connectivity index (χ1) is 13.9. The van der Waals surface area contributed by atoms with E-state index in [1.807, 2.05) is 18.7 Å².